The number of nitrogens with two attached hydrogens (primary N) is 1. The molecule has 0 radical (unpaired) electrons. The summed E-state index contributed by atoms with van der Waals surface area (Å²) >= 11 is 2.61. The molecule has 3 N–H and O–H groups in total. The van der Waals surface area contributed by atoms with E-state index in [4.69, 9.17) is 5.73 Å². The van der Waals surface area contributed by atoms with Crippen molar-refractivity contribution in [2.45, 2.75) is 29.9 Å². The average molecular weight is 326 g/mol. The largest absolute Gasteiger partial charge is 0.397 e. The first-order valence-corrected chi connectivity index (χ1v) is 8.00. The lowest BCUT2D eigenvalue weighted by Crippen LogP contribution is -2.22. The molecule has 0 aliphatic rings. The molecule has 0 aliphatic heterocycles. The van der Waals surface area contributed by atoms with Gasteiger partial charge in [-0.2, -0.15) is 4.37 Å². The zero-order valence-electron chi connectivity index (χ0n) is 11.6. The van der Waals surface area contributed by atoms with Crippen molar-refractivity contribution in [3.63, 3.8) is 0 Å². The molecule has 1 aromatic carbocycles. The number of aryl methyl sites for hydroxylation is 1. The molecule has 0 aliphatic carbocycles. The van der Waals surface area contributed by atoms with Crippen LogP contribution in [0.2, 0.25) is 0 Å². The first-order valence-electron chi connectivity index (χ1n) is 6.34. The summed E-state index contributed by atoms with van der Waals surface area (Å²) in [5.74, 6) is 0.123. The monoisotopic (exact) mass is 326 g/mol. The van der Waals surface area contributed by atoms with E-state index in [1.54, 1.807) is 6.92 Å². The molecule has 2 aromatic rings. The van der Waals surface area contributed by atoms with Crippen molar-refractivity contribution < 1.29 is 9.18 Å². The number of nitrogen functional groups attached to an aromatic ring is 1. The Kier molecular flexibility index (Phi) is 5.13. The summed E-state index contributed by atoms with van der Waals surface area (Å²) in [7, 11) is 0. The molecule has 0 fully saturated rings. The van der Waals surface area contributed by atoms with Gasteiger partial charge < -0.3 is 11.1 Å². The second kappa shape index (κ2) is 6.86. The molecule has 1 amide bonds. The molecule has 112 valence electrons. The number of anilines is 2. The van der Waals surface area contributed by atoms with Crippen LogP contribution in [0.3, 0.4) is 0 Å². The quantitative estimate of drug-likeness (QED) is 0.652. The van der Waals surface area contributed by atoms with Crippen LogP contribution < -0.4 is 11.1 Å². The van der Waals surface area contributed by atoms with Crippen LogP contribution in [-0.4, -0.2) is 20.5 Å². The molecule has 21 heavy (non-hydrogen) atoms. The highest BCUT2D eigenvalue weighted by atomic mass is 32.2. The lowest BCUT2D eigenvalue weighted by molar-refractivity contribution is -0.115. The molecule has 1 atom stereocenters. The van der Waals surface area contributed by atoms with Crippen molar-refractivity contribution in [3.8, 4) is 0 Å². The van der Waals surface area contributed by atoms with E-state index in [2.05, 4.69) is 14.7 Å². The molecule has 0 saturated heterocycles. The van der Waals surface area contributed by atoms with Gasteiger partial charge in [0.1, 0.15) is 11.6 Å². The molecular formula is C13H15FN4OS2. The van der Waals surface area contributed by atoms with Gasteiger partial charge in [0, 0.05) is 6.42 Å². The lowest BCUT2D eigenvalue weighted by atomic mass is 10.2. The maximum atomic E-state index is 13.0. The number of rotatable bonds is 5. The van der Waals surface area contributed by atoms with E-state index in [9.17, 15) is 9.18 Å². The molecule has 1 heterocycles. The predicted molar refractivity (Wildman–Crippen MR) is 84.0 cm³/mol. The first kappa shape index (κ1) is 15.7. The van der Waals surface area contributed by atoms with Gasteiger partial charge in [0.05, 0.1) is 16.6 Å². The maximum absolute atomic E-state index is 13.0. The summed E-state index contributed by atoms with van der Waals surface area (Å²) in [5, 5.41) is 2.33. The van der Waals surface area contributed by atoms with Crippen LogP contribution in [0.15, 0.2) is 22.5 Å². The average Bonchev–Trinajstić information content (AvgIpc) is 2.89. The minimum Gasteiger partial charge on any atom is -0.397 e. The number of amides is 1. The second-order valence-electron chi connectivity index (χ2n) is 4.31. The van der Waals surface area contributed by atoms with Gasteiger partial charge in [0.25, 0.3) is 0 Å². The fraction of sp³-hybridized carbons (Fsp3) is 0.308. The number of benzene rings is 1. The Morgan fingerprint density at radius 3 is 2.95 bits per heavy atom. The van der Waals surface area contributed by atoms with Crippen LogP contribution >= 0.6 is 23.3 Å². The van der Waals surface area contributed by atoms with Crippen molar-refractivity contribution in [3.05, 3.63) is 29.8 Å². The number of aromatic nitrogens is 2. The van der Waals surface area contributed by atoms with Crippen LogP contribution in [0.25, 0.3) is 0 Å². The van der Waals surface area contributed by atoms with Gasteiger partial charge in [-0.15, -0.1) is 0 Å². The molecule has 0 bridgehead atoms. The SMILES string of the molecule is CCc1nsc(SC(C)C(=O)Nc2ccc(F)cc2N)n1. The van der Waals surface area contributed by atoms with Crippen molar-refractivity contribution in [2.24, 2.45) is 0 Å². The number of nitrogens with one attached hydrogen (secondary N) is 1. The maximum Gasteiger partial charge on any atom is 0.237 e. The van der Waals surface area contributed by atoms with Gasteiger partial charge in [-0.05, 0) is 36.7 Å². The number of hydrogen-bond acceptors (Lipinski definition) is 6. The summed E-state index contributed by atoms with van der Waals surface area (Å²) < 4.78 is 17.9. The third kappa shape index (κ3) is 4.15. The minimum atomic E-state index is -0.436. The Morgan fingerprint density at radius 2 is 2.33 bits per heavy atom. The third-order valence-electron chi connectivity index (χ3n) is 2.68. The summed E-state index contributed by atoms with van der Waals surface area (Å²) in [6.07, 6.45) is 0.768. The Morgan fingerprint density at radius 1 is 1.57 bits per heavy atom. The Balaban J connectivity index is 1.99. The van der Waals surface area contributed by atoms with Gasteiger partial charge in [-0.25, -0.2) is 9.37 Å². The van der Waals surface area contributed by atoms with Gasteiger partial charge in [0.15, 0.2) is 4.34 Å². The van der Waals surface area contributed by atoms with Crippen LogP contribution in [0.5, 0.6) is 0 Å². The van der Waals surface area contributed by atoms with Gasteiger partial charge in [-0.3, -0.25) is 4.79 Å². The van der Waals surface area contributed by atoms with E-state index in [0.29, 0.717) is 5.69 Å². The van der Waals surface area contributed by atoms with E-state index in [0.717, 1.165) is 16.6 Å². The highest BCUT2D eigenvalue weighted by Crippen LogP contribution is 2.27. The van der Waals surface area contributed by atoms with Crippen molar-refractivity contribution in [1.29, 1.82) is 0 Å². The summed E-state index contributed by atoms with van der Waals surface area (Å²) in [6, 6.07) is 3.87. The first-order chi connectivity index (χ1) is 9.99. The Bertz CT molecular complexity index is 647. The zero-order chi connectivity index (χ0) is 15.4. The second-order valence-corrected chi connectivity index (χ2v) is 6.65. The van der Waals surface area contributed by atoms with Gasteiger partial charge >= 0.3 is 0 Å². The minimum absolute atomic E-state index is 0.199. The molecule has 8 heteroatoms. The Labute approximate surface area is 130 Å². The van der Waals surface area contributed by atoms with E-state index < -0.39 is 5.82 Å². The summed E-state index contributed by atoms with van der Waals surface area (Å²) in [5.41, 5.74) is 6.26. The zero-order valence-corrected chi connectivity index (χ0v) is 13.2. The summed E-state index contributed by atoms with van der Waals surface area (Å²) in [6.45, 7) is 3.75. The highest BCUT2D eigenvalue weighted by Gasteiger charge is 2.18. The number of nitrogens with zero attached hydrogens (tertiary/aromatic N) is 2. The van der Waals surface area contributed by atoms with Crippen LogP contribution in [0, 0.1) is 5.82 Å². The van der Waals surface area contributed by atoms with Crippen LogP contribution in [0.4, 0.5) is 15.8 Å². The van der Waals surface area contributed by atoms with Gasteiger partial charge in [0.2, 0.25) is 5.91 Å². The van der Waals surface area contributed by atoms with Gasteiger partial charge in [-0.1, -0.05) is 18.7 Å². The van der Waals surface area contributed by atoms with Crippen molar-refractivity contribution in [2.75, 3.05) is 11.1 Å². The van der Waals surface area contributed by atoms with E-state index >= 15 is 0 Å². The van der Waals surface area contributed by atoms with E-state index in [-0.39, 0.29) is 16.8 Å². The van der Waals surface area contributed by atoms with Crippen LogP contribution in [0.1, 0.15) is 19.7 Å². The van der Waals surface area contributed by atoms with E-state index in [1.807, 2.05) is 6.92 Å². The van der Waals surface area contributed by atoms with Crippen molar-refractivity contribution >= 4 is 40.6 Å². The standard InChI is InChI=1S/C13H15FN4OS2/c1-3-11-17-13(21-18-11)20-7(2)12(19)16-10-5-4-8(14)6-9(10)15/h4-7H,3,15H2,1-2H3,(H,16,19). The lowest BCUT2D eigenvalue weighted by Gasteiger charge is -2.12. The third-order valence-corrected chi connectivity index (χ3v) is 4.61. The fourth-order valence-electron chi connectivity index (χ4n) is 1.52. The number of carbonyl (C=O) groups excluding carboxylic acids is 1. The highest BCUT2D eigenvalue weighted by molar-refractivity contribution is 8.02. The number of carbonyl (C=O) groups is 1. The molecule has 2 rings (SSSR count). The smallest absolute Gasteiger partial charge is 0.237 e. The van der Waals surface area contributed by atoms with E-state index in [1.165, 1.54) is 41.5 Å². The molecule has 0 spiro atoms. The number of thioether (sulfide) groups is 1. The topological polar surface area (TPSA) is 80.9 Å². The van der Waals surface area contributed by atoms with Crippen LogP contribution in [-0.2, 0) is 11.2 Å². The normalized spacial score (nSPS) is 12.1. The molecule has 1 unspecified atom stereocenters. The predicted octanol–water partition coefficient (Wildman–Crippen LogP) is 2.94. The number of hydrogen-bond donors (Lipinski definition) is 2. The fourth-order valence-corrected chi connectivity index (χ4v) is 3.36. The molecule has 0 saturated carbocycles. The Hall–Kier alpha value is -1.67. The molecule has 1 aromatic heterocycles. The molecule has 5 nitrogen and oxygen atoms in total. The molecular weight excluding hydrogens is 311 g/mol. The van der Waals surface area contributed by atoms with Crippen molar-refractivity contribution in [1.82, 2.24) is 9.36 Å². The number of halogens is 1. The summed E-state index contributed by atoms with van der Waals surface area (Å²) in [4.78, 5) is 16.4.